The van der Waals surface area contributed by atoms with Crippen LogP contribution in [0.3, 0.4) is 0 Å². The van der Waals surface area contributed by atoms with Gasteiger partial charge in [-0.3, -0.25) is 9.59 Å². The number of aromatic nitrogens is 1. The van der Waals surface area contributed by atoms with Crippen molar-refractivity contribution >= 4 is 34.3 Å². The molecule has 0 aliphatic carbocycles. The first-order valence-corrected chi connectivity index (χ1v) is 11.2. The van der Waals surface area contributed by atoms with Crippen molar-refractivity contribution in [1.29, 1.82) is 0 Å². The number of benzene rings is 2. The van der Waals surface area contributed by atoms with Crippen LogP contribution in [-0.4, -0.2) is 23.4 Å². The van der Waals surface area contributed by atoms with Crippen molar-refractivity contribution in [2.45, 2.75) is 45.4 Å². The number of nitrogens with zero attached hydrogens (tertiary/aromatic N) is 1. The van der Waals surface area contributed by atoms with E-state index in [9.17, 15) is 9.59 Å². The number of hydrogen-bond donors (Lipinski definition) is 0. The first-order chi connectivity index (χ1) is 14.9. The van der Waals surface area contributed by atoms with Crippen LogP contribution in [0.5, 0.6) is 0 Å². The molecule has 0 spiro atoms. The summed E-state index contributed by atoms with van der Waals surface area (Å²) < 4.78 is 6.87. The van der Waals surface area contributed by atoms with Gasteiger partial charge in [-0.1, -0.05) is 48.9 Å². The van der Waals surface area contributed by atoms with Crippen LogP contribution in [0, 0.1) is 5.92 Å². The van der Waals surface area contributed by atoms with Gasteiger partial charge in [0, 0.05) is 47.1 Å². The maximum atomic E-state index is 13.3. The van der Waals surface area contributed by atoms with Crippen LogP contribution >= 0.6 is 11.6 Å². The summed E-state index contributed by atoms with van der Waals surface area (Å²) in [7, 11) is 3.38. The third-order valence-electron chi connectivity index (χ3n) is 5.81. The Bertz CT molecular complexity index is 1060. The van der Waals surface area contributed by atoms with E-state index in [1.165, 1.54) is 12.7 Å². The zero-order valence-corrected chi connectivity index (χ0v) is 19.2. The van der Waals surface area contributed by atoms with Gasteiger partial charge in [0.2, 0.25) is 0 Å². The smallest absolute Gasteiger partial charge is 0.305 e. The number of unbranched alkanes of at least 4 members (excludes halogenated alkanes) is 1. The van der Waals surface area contributed by atoms with Gasteiger partial charge in [0.25, 0.3) is 0 Å². The molecule has 0 saturated heterocycles. The van der Waals surface area contributed by atoms with Gasteiger partial charge in [-0.15, -0.1) is 0 Å². The molecule has 3 aromatic rings. The van der Waals surface area contributed by atoms with Gasteiger partial charge < -0.3 is 9.30 Å². The van der Waals surface area contributed by atoms with Gasteiger partial charge in [-0.2, -0.15) is 0 Å². The maximum absolute atomic E-state index is 13.3. The van der Waals surface area contributed by atoms with Gasteiger partial charge in [-0.25, -0.2) is 0 Å². The Morgan fingerprint density at radius 3 is 2.45 bits per heavy atom. The second-order valence-electron chi connectivity index (χ2n) is 8.25. The fraction of sp³-hybridized carbons (Fsp3) is 0.385. The SMILES string of the molecule is COC(=O)CC(C)CC(=O)c1c(CCCCc2ccccc2)n(C)c2ccc(Cl)cc12. The summed E-state index contributed by atoms with van der Waals surface area (Å²) in [6.07, 6.45) is 4.43. The standard InChI is InChI=1S/C26H30ClNO3/c1-18(16-25(30)31-3)15-24(29)26-21-17-20(27)13-14-22(21)28(2)23(26)12-8-7-11-19-9-5-4-6-10-19/h4-6,9-10,13-14,17-18H,7-8,11-12,15-16H2,1-3H3. The molecule has 5 heteroatoms. The first kappa shape index (κ1) is 23.1. The predicted molar refractivity (Wildman–Crippen MR) is 126 cm³/mol. The monoisotopic (exact) mass is 439 g/mol. The number of carbonyl (C=O) groups excluding carboxylic acids is 2. The molecule has 164 valence electrons. The first-order valence-electron chi connectivity index (χ1n) is 10.8. The van der Waals surface area contributed by atoms with Crippen molar-refractivity contribution in [3.63, 3.8) is 0 Å². The van der Waals surface area contributed by atoms with Gasteiger partial charge in [0.15, 0.2) is 5.78 Å². The maximum Gasteiger partial charge on any atom is 0.305 e. The topological polar surface area (TPSA) is 48.3 Å². The molecule has 0 amide bonds. The van der Waals surface area contributed by atoms with E-state index < -0.39 is 0 Å². The van der Waals surface area contributed by atoms with Crippen LogP contribution in [0.4, 0.5) is 0 Å². The van der Waals surface area contributed by atoms with E-state index in [1.54, 1.807) is 0 Å². The zero-order valence-electron chi connectivity index (χ0n) is 18.5. The number of halogens is 1. The van der Waals surface area contributed by atoms with Crippen LogP contribution < -0.4 is 0 Å². The number of fused-ring (bicyclic) bond motifs is 1. The predicted octanol–water partition coefficient (Wildman–Crippen LogP) is 6.17. The average Bonchev–Trinajstić information content (AvgIpc) is 3.02. The van der Waals surface area contributed by atoms with Crippen molar-refractivity contribution in [3.8, 4) is 0 Å². The highest BCUT2D eigenvalue weighted by Crippen LogP contribution is 2.31. The number of ketones is 1. The van der Waals surface area contributed by atoms with Gasteiger partial charge in [-0.05, 0) is 55.4 Å². The molecule has 1 heterocycles. The second kappa shape index (κ2) is 10.6. The number of ether oxygens (including phenoxy) is 1. The summed E-state index contributed by atoms with van der Waals surface area (Å²) in [6, 6.07) is 16.2. The number of carbonyl (C=O) groups is 2. The van der Waals surface area contributed by atoms with Crippen LogP contribution in [0.15, 0.2) is 48.5 Å². The van der Waals surface area contributed by atoms with E-state index in [1.807, 2.05) is 38.2 Å². The summed E-state index contributed by atoms with van der Waals surface area (Å²) in [5.41, 5.74) is 4.13. The van der Waals surface area contributed by atoms with Crippen molar-refractivity contribution < 1.29 is 14.3 Å². The van der Waals surface area contributed by atoms with E-state index in [2.05, 4.69) is 28.8 Å². The lowest BCUT2D eigenvalue weighted by molar-refractivity contribution is -0.141. The molecule has 0 aliphatic heterocycles. The summed E-state index contributed by atoms with van der Waals surface area (Å²) in [6.45, 7) is 1.91. The molecule has 0 N–H and O–H groups in total. The average molecular weight is 440 g/mol. The molecule has 0 bridgehead atoms. The molecule has 0 saturated carbocycles. The van der Waals surface area contributed by atoms with Crippen molar-refractivity contribution in [1.82, 2.24) is 4.57 Å². The Kier molecular flexibility index (Phi) is 7.91. The van der Waals surface area contributed by atoms with Crippen molar-refractivity contribution in [3.05, 3.63) is 70.4 Å². The van der Waals surface area contributed by atoms with Crippen LogP contribution in [0.2, 0.25) is 5.02 Å². The Labute approximate surface area is 189 Å². The third kappa shape index (κ3) is 5.76. The molecule has 4 nitrogen and oxygen atoms in total. The van der Waals surface area contributed by atoms with E-state index in [0.717, 1.165) is 47.8 Å². The summed E-state index contributed by atoms with van der Waals surface area (Å²) in [4.78, 5) is 24.9. The number of rotatable bonds is 10. The Hall–Kier alpha value is -2.59. The number of esters is 1. The molecule has 3 rings (SSSR count). The molecule has 2 aromatic carbocycles. The molecule has 1 unspecified atom stereocenters. The number of Topliss-reactive ketones (excluding diaryl/α,β-unsaturated/α-hetero) is 1. The number of hydrogen-bond acceptors (Lipinski definition) is 3. The molecular formula is C26H30ClNO3. The molecule has 1 atom stereocenters. The van der Waals surface area contributed by atoms with Gasteiger partial charge in [0.1, 0.15) is 0 Å². The van der Waals surface area contributed by atoms with E-state index in [-0.39, 0.29) is 24.1 Å². The Balaban J connectivity index is 1.81. The lowest BCUT2D eigenvalue weighted by Crippen LogP contribution is -2.13. The lowest BCUT2D eigenvalue weighted by atomic mass is 9.94. The molecule has 0 aliphatic rings. The highest BCUT2D eigenvalue weighted by molar-refractivity contribution is 6.31. The zero-order chi connectivity index (χ0) is 22.4. The van der Waals surface area contributed by atoms with Crippen LogP contribution in [-0.2, 0) is 29.4 Å². The van der Waals surface area contributed by atoms with Crippen LogP contribution in [0.25, 0.3) is 10.9 Å². The highest BCUT2D eigenvalue weighted by Gasteiger charge is 2.23. The van der Waals surface area contributed by atoms with Crippen molar-refractivity contribution in [2.24, 2.45) is 13.0 Å². The largest absolute Gasteiger partial charge is 0.469 e. The minimum absolute atomic E-state index is 0.0577. The molecule has 0 fully saturated rings. The minimum Gasteiger partial charge on any atom is -0.469 e. The van der Waals surface area contributed by atoms with Gasteiger partial charge in [0.05, 0.1) is 7.11 Å². The van der Waals surface area contributed by atoms with Crippen molar-refractivity contribution in [2.75, 3.05) is 7.11 Å². The number of methoxy groups -OCH3 is 1. The number of aryl methyl sites for hydroxylation is 2. The molecule has 1 aromatic heterocycles. The Morgan fingerprint density at radius 2 is 1.74 bits per heavy atom. The Morgan fingerprint density at radius 1 is 1.03 bits per heavy atom. The quantitative estimate of drug-likeness (QED) is 0.215. The summed E-state index contributed by atoms with van der Waals surface area (Å²) in [5, 5.41) is 1.51. The van der Waals surface area contributed by atoms with Crippen LogP contribution in [0.1, 0.15) is 54.2 Å². The fourth-order valence-electron chi connectivity index (χ4n) is 4.20. The highest BCUT2D eigenvalue weighted by atomic mass is 35.5. The lowest BCUT2D eigenvalue weighted by Gasteiger charge is -2.11. The van der Waals surface area contributed by atoms with E-state index in [4.69, 9.17) is 16.3 Å². The molecule has 31 heavy (non-hydrogen) atoms. The summed E-state index contributed by atoms with van der Waals surface area (Å²) >= 11 is 6.26. The van der Waals surface area contributed by atoms with Gasteiger partial charge >= 0.3 is 5.97 Å². The normalized spacial score (nSPS) is 12.1. The molecular weight excluding hydrogens is 410 g/mol. The minimum atomic E-state index is -0.289. The molecule has 0 radical (unpaired) electrons. The van der Waals surface area contributed by atoms with E-state index >= 15 is 0 Å². The summed E-state index contributed by atoms with van der Waals surface area (Å²) in [5.74, 6) is -0.315. The third-order valence-corrected chi connectivity index (χ3v) is 6.05. The van der Waals surface area contributed by atoms with E-state index in [0.29, 0.717) is 11.4 Å². The fourth-order valence-corrected chi connectivity index (χ4v) is 4.37. The second-order valence-corrected chi connectivity index (χ2v) is 8.68.